The largest absolute Gasteiger partial charge is 0.325 e. The molecule has 7 nitrogen and oxygen atoms in total. The topological polar surface area (TPSA) is 109 Å². The van der Waals surface area contributed by atoms with Crippen LogP contribution in [0.5, 0.6) is 0 Å². The van der Waals surface area contributed by atoms with Gasteiger partial charge in [0.2, 0.25) is 5.91 Å². The van der Waals surface area contributed by atoms with E-state index >= 15 is 0 Å². The summed E-state index contributed by atoms with van der Waals surface area (Å²) in [7, 11) is 0. The molecule has 1 aromatic heterocycles. The van der Waals surface area contributed by atoms with Crippen LogP contribution in [0.3, 0.4) is 0 Å². The minimum atomic E-state index is -0.531. The molecule has 1 N–H and O–H groups in total. The Balaban J connectivity index is 1.89. The Bertz CT molecular complexity index is 740. The maximum Gasteiger partial charge on any atom is 0.287 e. The average Bonchev–Trinajstić information content (AvgIpc) is 2.53. The summed E-state index contributed by atoms with van der Waals surface area (Å²) in [6.45, 7) is 0. The molecule has 0 atom stereocenters. The van der Waals surface area contributed by atoms with Gasteiger partial charge < -0.3 is 5.32 Å². The highest BCUT2D eigenvalue weighted by atomic mass is 32.2. The van der Waals surface area contributed by atoms with Crippen molar-refractivity contribution in [2.45, 2.75) is 5.03 Å². The molecule has 0 aliphatic rings. The van der Waals surface area contributed by atoms with Crippen LogP contribution in [0, 0.1) is 21.4 Å². The summed E-state index contributed by atoms with van der Waals surface area (Å²) >= 11 is 1.17. The van der Waals surface area contributed by atoms with Gasteiger partial charge in [-0.1, -0.05) is 17.8 Å². The molecule has 0 spiro atoms. The van der Waals surface area contributed by atoms with Crippen LogP contribution >= 0.6 is 11.8 Å². The maximum atomic E-state index is 11.8. The van der Waals surface area contributed by atoms with Crippen LogP contribution < -0.4 is 5.32 Å². The molecule has 110 valence electrons. The van der Waals surface area contributed by atoms with Gasteiger partial charge in [0.15, 0.2) is 0 Å². The van der Waals surface area contributed by atoms with Gasteiger partial charge in [0.05, 0.1) is 27.3 Å². The maximum absolute atomic E-state index is 11.8. The molecule has 1 heterocycles. The minimum absolute atomic E-state index is 0.0953. The second-order valence-corrected chi connectivity index (χ2v) is 5.14. The zero-order valence-electron chi connectivity index (χ0n) is 11.2. The third-order valence-corrected chi connectivity index (χ3v) is 3.50. The first-order valence-electron chi connectivity index (χ1n) is 6.12. The van der Waals surface area contributed by atoms with Crippen LogP contribution in [0.25, 0.3) is 0 Å². The van der Waals surface area contributed by atoms with Gasteiger partial charge in [-0.15, -0.1) is 0 Å². The highest BCUT2D eigenvalue weighted by molar-refractivity contribution is 7.99. The third-order valence-electron chi connectivity index (χ3n) is 2.56. The number of amides is 1. The standard InChI is InChI=1S/C14H10N4O3S/c15-7-10-2-1-3-11(6-10)17-13(19)9-22-14-5-4-12(8-16-14)18(20)21/h1-6,8H,9H2,(H,17,19). The van der Waals surface area contributed by atoms with Gasteiger partial charge >= 0.3 is 0 Å². The molecule has 2 aromatic rings. The van der Waals surface area contributed by atoms with Crippen molar-refractivity contribution >= 4 is 29.0 Å². The number of rotatable bonds is 5. The first kappa shape index (κ1) is 15.5. The van der Waals surface area contributed by atoms with E-state index in [1.54, 1.807) is 24.3 Å². The molecule has 2 rings (SSSR count). The summed E-state index contributed by atoms with van der Waals surface area (Å²) in [5, 5.41) is 22.5. The van der Waals surface area contributed by atoms with E-state index in [2.05, 4.69) is 10.3 Å². The number of carbonyl (C=O) groups excluding carboxylic acids is 1. The molecule has 1 aromatic carbocycles. The number of benzene rings is 1. The molecule has 8 heteroatoms. The quantitative estimate of drug-likeness (QED) is 0.516. The van der Waals surface area contributed by atoms with E-state index in [4.69, 9.17) is 5.26 Å². The Morgan fingerprint density at radius 1 is 1.41 bits per heavy atom. The molecule has 0 aliphatic carbocycles. The number of thioether (sulfide) groups is 1. The highest BCUT2D eigenvalue weighted by Crippen LogP contribution is 2.18. The SMILES string of the molecule is N#Cc1cccc(NC(=O)CSc2ccc([N+](=O)[O-])cn2)c1. The summed E-state index contributed by atoms with van der Waals surface area (Å²) in [6.07, 6.45) is 1.15. The Kier molecular flexibility index (Phi) is 5.06. The lowest BCUT2D eigenvalue weighted by Crippen LogP contribution is -2.14. The summed E-state index contributed by atoms with van der Waals surface area (Å²) in [4.78, 5) is 25.7. The van der Waals surface area contributed by atoms with Gasteiger partial charge in [-0.2, -0.15) is 5.26 Å². The molecule has 0 saturated carbocycles. The normalized spacial score (nSPS) is 9.77. The van der Waals surface area contributed by atoms with E-state index in [1.807, 2.05) is 6.07 Å². The molecule has 1 amide bonds. The van der Waals surface area contributed by atoms with Crippen LogP contribution in [-0.4, -0.2) is 21.6 Å². The number of hydrogen-bond acceptors (Lipinski definition) is 6. The fraction of sp³-hybridized carbons (Fsp3) is 0.0714. The fourth-order valence-corrected chi connectivity index (χ4v) is 2.21. The highest BCUT2D eigenvalue weighted by Gasteiger charge is 2.08. The van der Waals surface area contributed by atoms with Crippen LogP contribution in [0.1, 0.15) is 5.56 Å². The van der Waals surface area contributed by atoms with E-state index in [9.17, 15) is 14.9 Å². The number of nitro groups is 1. The van der Waals surface area contributed by atoms with Gasteiger partial charge in [0, 0.05) is 11.8 Å². The summed E-state index contributed by atoms with van der Waals surface area (Å²) in [6, 6.07) is 11.4. The van der Waals surface area contributed by atoms with Crippen molar-refractivity contribution in [2.75, 3.05) is 11.1 Å². The van der Waals surface area contributed by atoms with Crippen molar-refractivity contribution in [2.24, 2.45) is 0 Å². The summed E-state index contributed by atoms with van der Waals surface area (Å²) < 4.78 is 0. The zero-order chi connectivity index (χ0) is 15.9. The molecule has 0 aliphatic heterocycles. The van der Waals surface area contributed by atoms with Crippen molar-refractivity contribution in [3.8, 4) is 6.07 Å². The van der Waals surface area contributed by atoms with Crippen molar-refractivity contribution in [1.82, 2.24) is 4.98 Å². The van der Waals surface area contributed by atoms with Gasteiger partial charge in [0.25, 0.3) is 5.69 Å². The minimum Gasteiger partial charge on any atom is -0.325 e. The van der Waals surface area contributed by atoms with Gasteiger partial charge in [0.1, 0.15) is 6.20 Å². The predicted octanol–water partition coefficient (Wildman–Crippen LogP) is 2.59. The number of anilines is 1. The number of nitrogens with one attached hydrogen (secondary N) is 1. The first-order chi connectivity index (χ1) is 10.6. The van der Waals surface area contributed by atoms with E-state index in [0.717, 1.165) is 6.20 Å². The van der Waals surface area contributed by atoms with Gasteiger partial charge in [-0.25, -0.2) is 4.98 Å². The lowest BCUT2D eigenvalue weighted by Gasteiger charge is -2.05. The van der Waals surface area contributed by atoms with Crippen molar-refractivity contribution in [1.29, 1.82) is 5.26 Å². The van der Waals surface area contributed by atoms with Gasteiger partial charge in [-0.05, 0) is 24.3 Å². The number of nitrogens with zero attached hydrogens (tertiary/aromatic N) is 3. The Morgan fingerprint density at radius 2 is 2.23 bits per heavy atom. The molecule has 0 bridgehead atoms. The van der Waals surface area contributed by atoms with Crippen LogP contribution in [0.2, 0.25) is 0 Å². The molecule has 0 fully saturated rings. The number of hydrogen-bond donors (Lipinski definition) is 1. The Morgan fingerprint density at radius 3 is 2.86 bits per heavy atom. The number of carbonyl (C=O) groups is 1. The van der Waals surface area contributed by atoms with E-state index < -0.39 is 4.92 Å². The van der Waals surface area contributed by atoms with Crippen molar-refractivity contribution in [3.63, 3.8) is 0 Å². The summed E-state index contributed by atoms with van der Waals surface area (Å²) in [5.74, 6) is -0.137. The smallest absolute Gasteiger partial charge is 0.287 e. The first-order valence-corrected chi connectivity index (χ1v) is 7.10. The zero-order valence-corrected chi connectivity index (χ0v) is 12.0. The molecular weight excluding hydrogens is 304 g/mol. The van der Waals surface area contributed by atoms with Crippen molar-refractivity contribution < 1.29 is 9.72 Å². The molecule has 0 saturated heterocycles. The predicted molar refractivity (Wildman–Crippen MR) is 81.4 cm³/mol. The van der Waals surface area contributed by atoms with Crippen molar-refractivity contribution in [3.05, 3.63) is 58.3 Å². The monoisotopic (exact) mass is 314 g/mol. The molecular formula is C14H10N4O3S. The Hall–Kier alpha value is -2.92. The Labute approximate surface area is 130 Å². The number of pyridine rings is 1. The lowest BCUT2D eigenvalue weighted by molar-refractivity contribution is -0.385. The third kappa shape index (κ3) is 4.29. The number of nitriles is 1. The fourth-order valence-electron chi connectivity index (χ4n) is 1.57. The van der Waals surface area contributed by atoms with E-state index in [-0.39, 0.29) is 17.3 Å². The average molecular weight is 314 g/mol. The molecule has 22 heavy (non-hydrogen) atoms. The van der Waals surface area contributed by atoms with Crippen LogP contribution in [0.15, 0.2) is 47.6 Å². The number of aromatic nitrogens is 1. The van der Waals surface area contributed by atoms with Crippen LogP contribution in [-0.2, 0) is 4.79 Å². The van der Waals surface area contributed by atoms with Gasteiger partial charge in [-0.3, -0.25) is 14.9 Å². The lowest BCUT2D eigenvalue weighted by atomic mass is 10.2. The van der Waals surface area contributed by atoms with E-state index in [1.165, 1.54) is 23.9 Å². The summed E-state index contributed by atoms with van der Waals surface area (Å²) in [5.41, 5.74) is 0.908. The second-order valence-electron chi connectivity index (χ2n) is 4.14. The van der Waals surface area contributed by atoms with E-state index in [0.29, 0.717) is 16.3 Å². The molecule has 0 unspecified atom stereocenters. The van der Waals surface area contributed by atoms with Crippen LogP contribution in [0.4, 0.5) is 11.4 Å². The second kappa shape index (κ2) is 7.19. The molecule has 0 radical (unpaired) electrons.